The molecular weight excluding hydrogens is 756 g/mol. The van der Waals surface area contributed by atoms with Gasteiger partial charge in [0.15, 0.2) is 22.9 Å². The number of benzene rings is 1. The van der Waals surface area contributed by atoms with Crippen molar-refractivity contribution >= 4 is 87.4 Å². The highest BCUT2D eigenvalue weighted by Gasteiger charge is 2.66. The van der Waals surface area contributed by atoms with Gasteiger partial charge >= 0.3 is 12.0 Å². The van der Waals surface area contributed by atoms with Gasteiger partial charge in [0.05, 0.1) is 34.4 Å². The van der Waals surface area contributed by atoms with Crippen LogP contribution < -0.4 is 5.43 Å². The van der Waals surface area contributed by atoms with E-state index >= 15 is 0 Å². The second kappa shape index (κ2) is 14.9. The number of amides is 4. The number of nitrogens with one attached hydrogen (secondary N) is 1. The molecule has 17 nitrogen and oxygen atoms in total. The molecule has 0 bridgehead atoms. The normalized spacial score (nSPS) is 21.3. The van der Waals surface area contributed by atoms with Gasteiger partial charge in [-0.2, -0.15) is 0 Å². The van der Waals surface area contributed by atoms with Crippen LogP contribution in [-0.4, -0.2) is 118 Å². The van der Waals surface area contributed by atoms with Crippen LogP contribution in [0.3, 0.4) is 0 Å². The number of rotatable bonds is 15. The molecule has 4 amide bonds. The van der Waals surface area contributed by atoms with Crippen LogP contribution in [0.15, 0.2) is 22.7 Å². The first kappa shape index (κ1) is 39.3. The van der Waals surface area contributed by atoms with E-state index in [1.165, 1.54) is 56.1 Å². The zero-order valence-corrected chi connectivity index (χ0v) is 31.5. The quantitative estimate of drug-likeness (QED) is 0.0775. The van der Waals surface area contributed by atoms with Crippen molar-refractivity contribution in [2.45, 2.75) is 69.7 Å². The number of β-lactam (4-membered cyclic amide) rings is 1. The molecular formula is C33H35ClN6O11S2. The number of phenols is 1. The fourth-order valence-corrected chi connectivity index (χ4v) is 8.24. The molecule has 0 spiro atoms. The molecule has 3 fully saturated rings. The van der Waals surface area contributed by atoms with Gasteiger partial charge in [-0.1, -0.05) is 28.5 Å². The minimum absolute atomic E-state index is 0.0961. The van der Waals surface area contributed by atoms with E-state index in [1.54, 1.807) is 12.3 Å². The third-order valence-corrected chi connectivity index (χ3v) is 12.2. The molecule has 0 radical (unpaired) electrons. The second-order valence-electron chi connectivity index (χ2n) is 13.1. The number of hydrogen-bond acceptors (Lipinski definition) is 14. The number of thioether (sulfide) groups is 1. The number of hydrazine groups is 1. The summed E-state index contributed by atoms with van der Waals surface area (Å²) in [6.45, 7) is 6.81. The summed E-state index contributed by atoms with van der Waals surface area (Å²) >= 11 is 8.17. The Bertz CT molecular complexity index is 1980. The van der Waals surface area contributed by atoms with Crippen LogP contribution in [0.2, 0.25) is 5.02 Å². The number of carboxylic acid groups (broad SMARTS) is 1. The number of halogens is 1. The summed E-state index contributed by atoms with van der Waals surface area (Å²) in [5.74, 6) is -6.68. The third-order valence-electron chi connectivity index (χ3n) is 9.17. The smallest absolute Gasteiger partial charge is 0.342 e. The molecule has 282 valence electrons. The molecule has 3 aliphatic heterocycles. The van der Waals surface area contributed by atoms with Gasteiger partial charge in [0.2, 0.25) is 28.3 Å². The number of oxime groups is 1. The number of ketones is 4. The van der Waals surface area contributed by atoms with E-state index in [-0.39, 0.29) is 65.1 Å². The number of aryl methyl sites for hydroxylation is 1. The maximum absolute atomic E-state index is 13.6. The fourth-order valence-electron chi connectivity index (χ4n) is 5.70. The molecule has 20 heteroatoms. The fraction of sp³-hybridized carbons (Fsp3) is 0.455. The second-order valence-corrected chi connectivity index (χ2v) is 15.9. The highest BCUT2D eigenvalue weighted by atomic mass is 35.5. The molecule has 4 heterocycles. The average Bonchev–Trinajstić information content (AvgIpc) is 3.80. The van der Waals surface area contributed by atoms with Crippen molar-refractivity contribution in [2.24, 2.45) is 11.1 Å². The van der Waals surface area contributed by atoms with E-state index in [0.717, 1.165) is 21.7 Å². The molecule has 3 aliphatic rings. The number of thiazole rings is 1. The van der Waals surface area contributed by atoms with Gasteiger partial charge in [0.1, 0.15) is 11.4 Å². The Morgan fingerprint density at radius 3 is 2.43 bits per heavy atom. The largest absolute Gasteiger partial charge is 0.508 e. The number of aliphatic carboxylic acids is 1. The Hall–Kier alpha value is -4.88. The lowest BCUT2D eigenvalue weighted by Gasteiger charge is -2.40. The van der Waals surface area contributed by atoms with Crippen molar-refractivity contribution in [2.75, 3.05) is 19.6 Å². The van der Waals surface area contributed by atoms with Crippen LogP contribution in [0.5, 0.6) is 5.75 Å². The number of nitrogens with zero attached hydrogens (tertiary/aromatic N) is 5. The van der Waals surface area contributed by atoms with Crippen molar-refractivity contribution in [1.82, 2.24) is 25.2 Å². The Labute approximate surface area is 315 Å². The minimum atomic E-state index is -1.95. The van der Waals surface area contributed by atoms with Gasteiger partial charge in [-0.3, -0.25) is 39.1 Å². The summed E-state index contributed by atoms with van der Waals surface area (Å²) < 4.78 is 0. The molecule has 53 heavy (non-hydrogen) atoms. The monoisotopic (exact) mass is 790 g/mol. The van der Waals surface area contributed by atoms with Crippen LogP contribution in [0.25, 0.3) is 0 Å². The summed E-state index contributed by atoms with van der Waals surface area (Å²) in [6.07, 6.45) is -1.38. The van der Waals surface area contributed by atoms with E-state index in [9.17, 15) is 48.6 Å². The number of hydrogen-bond donors (Lipinski definition) is 3. The summed E-state index contributed by atoms with van der Waals surface area (Å²) in [4.78, 5) is 113. The standard InChI is InChI=1S/C33H35ClN6O11S2/c1-15-21(42)7-6-18(25(15)34)27(46)22(43)8-9-24(45)36-40-11-10-39(31(40)50)33(30(48)49)14-38-28(47)19(29(38)53-33)12-23(44)26(20-13-52-17(3)35-20)37-51-32(4,5)16(2)41/h6-7,13,19,29,42H,8-12,14H2,1-5H3,(H,36,45)(H,48,49)/b37-26-/t19-,29-,33-/m1/s1. The number of aromatic nitrogens is 1. The highest BCUT2D eigenvalue weighted by Crippen LogP contribution is 2.52. The number of urea groups is 1. The predicted octanol–water partition coefficient (Wildman–Crippen LogP) is 2.48. The van der Waals surface area contributed by atoms with Gasteiger partial charge in [0.25, 0.3) is 0 Å². The lowest BCUT2D eigenvalue weighted by molar-refractivity contribution is -0.154. The molecule has 0 unspecified atom stereocenters. The first-order chi connectivity index (χ1) is 24.8. The maximum Gasteiger partial charge on any atom is 0.342 e. The number of carboxylic acids is 1. The summed E-state index contributed by atoms with van der Waals surface area (Å²) in [7, 11) is 0. The maximum atomic E-state index is 13.6. The van der Waals surface area contributed by atoms with E-state index in [0.29, 0.717) is 5.01 Å². The lowest BCUT2D eigenvalue weighted by atomic mass is 9.90. The molecule has 3 saturated heterocycles. The summed E-state index contributed by atoms with van der Waals surface area (Å²) in [5.41, 5.74) is 1.06. The van der Waals surface area contributed by atoms with Gasteiger partial charge in [-0.25, -0.2) is 19.6 Å². The molecule has 5 rings (SSSR count). The van der Waals surface area contributed by atoms with Crippen LogP contribution in [-0.2, 0) is 33.6 Å². The number of Topliss-reactive ketones (excluding diaryl/α,β-unsaturated/α-hetero) is 4. The Kier molecular flexibility index (Phi) is 11.0. The molecule has 3 atom stereocenters. The summed E-state index contributed by atoms with van der Waals surface area (Å²) in [5, 5.41) is 26.3. The van der Waals surface area contributed by atoms with Crippen LogP contribution >= 0.6 is 34.7 Å². The SMILES string of the molecule is CC(=O)C(C)(C)O/N=C(\C(=O)C[C@@H]1C(=O)N2C[C@@](C(=O)O)(N3CCN(NC(=O)CCC(=O)C(=O)c4ccc(O)c(C)c4Cl)C3=O)S[C@H]12)c1csc(C)n1. The topological polar surface area (TPSA) is 233 Å². The van der Waals surface area contributed by atoms with Gasteiger partial charge in [-0.05, 0) is 46.8 Å². The number of aromatic hydroxyl groups is 1. The van der Waals surface area contributed by atoms with E-state index in [2.05, 4.69) is 15.6 Å². The van der Waals surface area contributed by atoms with Crippen molar-refractivity contribution < 1.29 is 53.4 Å². The van der Waals surface area contributed by atoms with Crippen LogP contribution in [0.4, 0.5) is 4.79 Å². The number of phenolic OH excluding ortho intramolecular Hbond substituents is 1. The lowest BCUT2D eigenvalue weighted by Crippen LogP contribution is -2.60. The molecule has 0 aliphatic carbocycles. The molecule has 3 N–H and O–H groups in total. The van der Waals surface area contributed by atoms with Crippen LogP contribution in [0, 0.1) is 19.8 Å². The first-order valence-electron chi connectivity index (χ1n) is 16.2. The van der Waals surface area contributed by atoms with Crippen molar-refractivity contribution in [3.63, 3.8) is 0 Å². The average molecular weight is 791 g/mol. The van der Waals surface area contributed by atoms with Gasteiger partial charge in [-0.15, -0.1) is 11.3 Å². The predicted molar refractivity (Wildman–Crippen MR) is 189 cm³/mol. The number of fused-ring (bicyclic) bond motifs is 1. The molecule has 1 aromatic heterocycles. The molecule has 2 aromatic rings. The van der Waals surface area contributed by atoms with E-state index in [4.69, 9.17) is 16.4 Å². The summed E-state index contributed by atoms with van der Waals surface area (Å²) in [6, 6.07) is 1.54. The number of carbonyl (C=O) groups excluding carboxylic acids is 7. The van der Waals surface area contributed by atoms with Crippen molar-refractivity contribution in [3.05, 3.63) is 44.4 Å². The Balaban J connectivity index is 1.22. The Morgan fingerprint density at radius 1 is 1.11 bits per heavy atom. The zero-order valence-electron chi connectivity index (χ0n) is 29.1. The molecule has 0 saturated carbocycles. The molecule has 1 aromatic carbocycles. The van der Waals surface area contributed by atoms with Crippen LogP contribution in [0.1, 0.15) is 66.7 Å². The van der Waals surface area contributed by atoms with Gasteiger partial charge in [0, 0.05) is 42.3 Å². The zero-order chi connectivity index (χ0) is 39.2. The van der Waals surface area contributed by atoms with E-state index < -0.39 is 75.8 Å². The van der Waals surface area contributed by atoms with Crippen molar-refractivity contribution in [1.29, 1.82) is 0 Å². The number of carbonyl (C=O) groups is 8. The third kappa shape index (κ3) is 7.50. The van der Waals surface area contributed by atoms with Gasteiger partial charge < -0.3 is 20.0 Å². The highest BCUT2D eigenvalue weighted by molar-refractivity contribution is 8.02. The minimum Gasteiger partial charge on any atom is -0.508 e. The van der Waals surface area contributed by atoms with E-state index in [1.807, 2.05) is 0 Å². The van der Waals surface area contributed by atoms with Crippen molar-refractivity contribution in [3.8, 4) is 5.75 Å². The Morgan fingerprint density at radius 2 is 1.81 bits per heavy atom. The first-order valence-corrected chi connectivity index (χ1v) is 18.3.